The third-order valence-electron chi connectivity index (χ3n) is 6.15. The molecule has 0 aliphatic carbocycles. The van der Waals surface area contributed by atoms with Crippen LogP contribution in [-0.4, -0.2) is 43.3 Å². The SMILES string of the molecule is COc1cc(C(F)(F)F)cc(SC)c1C(N)=O.c1ccc(C2CCCN3CCCC23)cc1. The highest BCUT2D eigenvalue weighted by atomic mass is 32.2. The fourth-order valence-corrected chi connectivity index (χ4v) is 5.35. The monoisotopic (exact) mass is 466 g/mol. The molecule has 2 atom stereocenters. The Bertz CT molecular complexity index is 896. The van der Waals surface area contributed by atoms with Crippen LogP contribution in [0.25, 0.3) is 0 Å². The van der Waals surface area contributed by atoms with Gasteiger partial charge < -0.3 is 10.5 Å². The van der Waals surface area contributed by atoms with Crippen LogP contribution >= 0.6 is 11.8 Å². The van der Waals surface area contributed by atoms with Gasteiger partial charge >= 0.3 is 6.18 Å². The summed E-state index contributed by atoms with van der Waals surface area (Å²) in [5.41, 5.74) is 5.77. The van der Waals surface area contributed by atoms with Crippen molar-refractivity contribution >= 4 is 17.7 Å². The molecule has 2 aliphatic rings. The van der Waals surface area contributed by atoms with Gasteiger partial charge in [-0.25, -0.2) is 0 Å². The first-order valence-electron chi connectivity index (χ1n) is 10.7. The van der Waals surface area contributed by atoms with Gasteiger partial charge in [0.2, 0.25) is 0 Å². The highest BCUT2D eigenvalue weighted by Gasteiger charge is 2.35. The van der Waals surface area contributed by atoms with Crippen molar-refractivity contribution in [3.05, 3.63) is 59.2 Å². The maximum absolute atomic E-state index is 12.6. The standard InChI is InChI=1S/C14H19N.C10H10F3NO2S/c1-2-6-12(7-3-1)13-8-4-10-15-11-5-9-14(13)15;1-16-6-3-5(10(11,12)13)4-7(17-2)8(6)9(14)15/h1-3,6-7,13-14H,4-5,8-11H2;3-4H,1-2H3,(H2,14,15). The predicted octanol–water partition coefficient (Wildman–Crippen LogP) is 5.56. The highest BCUT2D eigenvalue weighted by molar-refractivity contribution is 7.98. The number of rotatable bonds is 4. The quantitative estimate of drug-likeness (QED) is 0.599. The lowest BCUT2D eigenvalue weighted by Crippen LogP contribution is -2.39. The topological polar surface area (TPSA) is 55.6 Å². The molecule has 0 radical (unpaired) electrons. The first kappa shape index (κ1) is 24.5. The number of carbonyl (C=O) groups is 1. The van der Waals surface area contributed by atoms with Crippen LogP contribution in [-0.2, 0) is 6.18 Å². The van der Waals surface area contributed by atoms with Crippen molar-refractivity contribution in [2.24, 2.45) is 5.73 Å². The normalized spacial score (nSPS) is 20.8. The van der Waals surface area contributed by atoms with E-state index in [-0.39, 0.29) is 16.2 Å². The fraction of sp³-hybridized carbons (Fsp3) is 0.458. The molecule has 1 amide bonds. The van der Waals surface area contributed by atoms with Crippen molar-refractivity contribution in [3.63, 3.8) is 0 Å². The molecule has 2 aromatic rings. The maximum Gasteiger partial charge on any atom is 0.416 e. The summed E-state index contributed by atoms with van der Waals surface area (Å²) in [6.07, 6.45) is 2.67. The minimum atomic E-state index is -4.49. The summed E-state index contributed by atoms with van der Waals surface area (Å²) < 4.78 is 42.5. The number of hydrogen-bond donors (Lipinski definition) is 1. The Morgan fingerprint density at radius 1 is 1.12 bits per heavy atom. The molecule has 2 aliphatic heterocycles. The zero-order chi connectivity index (χ0) is 23.3. The number of piperidine rings is 1. The average molecular weight is 467 g/mol. The number of benzene rings is 2. The zero-order valence-electron chi connectivity index (χ0n) is 18.3. The van der Waals surface area contributed by atoms with Gasteiger partial charge in [-0.15, -0.1) is 11.8 Å². The molecule has 2 fully saturated rings. The average Bonchev–Trinajstić information content (AvgIpc) is 3.27. The number of ether oxygens (including phenoxy) is 1. The van der Waals surface area contributed by atoms with Gasteiger partial charge in [-0.1, -0.05) is 30.3 Å². The van der Waals surface area contributed by atoms with E-state index in [1.807, 2.05) is 0 Å². The van der Waals surface area contributed by atoms with E-state index in [0.29, 0.717) is 0 Å². The van der Waals surface area contributed by atoms with E-state index >= 15 is 0 Å². The minimum Gasteiger partial charge on any atom is -0.496 e. The maximum atomic E-state index is 12.6. The molecule has 4 nitrogen and oxygen atoms in total. The molecule has 0 aromatic heterocycles. The van der Waals surface area contributed by atoms with Crippen LogP contribution in [0.1, 0.15) is 53.1 Å². The number of primary amides is 1. The van der Waals surface area contributed by atoms with E-state index < -0.39 is 17.6 Å². The Morgan fingerprint density at radius 2 is 1.78 bits per heavy atom. The van der Waals surface area contributed by atoms with Gasteiger partial charge in [0.25, 0.3) is 5.91 Å². The molecule has 32 heavy (non-hydrogen) atoms. The second-order valence-electron chi connectivity index (χ2n) is 8.02. The summed E-state index contributed by atoms with van der Waals surface area (Å²) in [5, 5.41) is 0. The molecule has 2 saturated heterocycles. The van der Waals surface area contributed by atoms with Crippen LogP contribution in [0, 0.1) is 0 Å². The summed E-state index contributed by atoms with van der Waals surface area (Å²) in [6, 6.07) is 13.6. The van der Waals surface area contributed by atoms with Crippen LogP contribution in [0.15, 0.2) is 47.4 Å². The van der Waals surface area contributed by atoms with E-state index in [1.54, 1.807) is 11.8 Å². The van der Waals surface area contributed by atoms with Crippen molar-refractivity contribution in [1.29, 1.82) is 0 Å². The number of nitrogens with two attached hydrogens (primary N) is 1. The number of amides is 1. The summed E-state index contributed by atoms with van der Waals surface area (Å²) in [6.45, 7) is 2.68. The lowest BCUT2D eigenvalue weighted by Gasteiger charge is -2.37. The number of carbonyl (C=O) groups excluding carboxylic acids is 1. The largest absolute Gasteiger partial charge is 0.496 e. The van der Waals surface area contributed by atoms with Gasteiger partial charge in [0.15, 0.2) is 0 Å². The Morgan fingerprint density at radius 3 is 2.34 bits per heavy atom. The number of alkyl halides is 3. The molecule has 2 heterocycles. The smallest absolute Gasteiger partial charge is 0.416 e. The van der Waals surface area contributed by atoms with Gasteiger partial charge in [0, 0.05) is 10.9 Å². The molecule has 2 N–H and O–H groups in total. The number of thioether (sulfide) groups is 1. The van der Waals surface area contributed by atoms with Gasteiger partial charge in [-0.05, 0) is 68.6 Å². The molecule has 0 spiro atoms. The lowest BCUT2D eigenvalue weighted by molar-refractivity contribution is -0.137. The number of methoxy groups -OCH3 is 1. The van der Waals surface area contributed by atoms with Crippen molar-refractivity contribution in [1.82, 2.24) is 4.90 Å². The first-order chi connectivity index (χ1) is 15.3. The van der Waals surface area contributed by atoms with Crippen molar-refractivity contribution in [2.75, 3.05) is 26.5 Å². The fourth-order valence-electron chi connectivity index (χ4n) is 4.70. The Labute approximate surface area is 191 Å². The summed E-state index contributed by atoms with van der Waals surface area (Å²) in [7, 11) is 1.19. The van der Waals surface area contributed by atoms with Gasteiger partial charge in [-0.3, -0.25) is 9.69 Å². The summed E-state index contributed by atoms with van der Waals surface area (Å²) in [5.74, 6) is -0.181. The molecule has 0 bridgehead atoms. The summed E-state index contributed by atoms with van der Waals surface area (Å²) >= 11 is 1.00. The van der Waals surface area contributed by atoms with Crippen LogP contribution in [0.4, 0.5) is 13.2 Å². The van der Waals surface area contributed by atoms with Crippen molar-refractivity contribution in [3.8, 4) is 5.75 Å². The molecule has 8 heteroatoms. The molecule has 0 saturated carbocycles. The van der Waals surface area contributed by atoms with Crippen molar-refractivity contribution in [2.45, 2.75) is 48.7 Å². The minimum absolute atomic E-state index is 0.0343. The van der Waals surface area contributed by atoms with E-state index in [2.05, 4.69) is 35.2 Å². The first-order valence-corrected chi connectivity index (χ1v) is 11.9. The Kier molecular flexibility index (Phi) is 8.11. The number of hydrogen-bond acceptors (Lipinski definition) is 4. The van der Waals surface area contributed by atoms with Crippen LogP contribution in [0.2, 0.25) is 0 Å². The lowest BCUT2D eigenvalue weighted by atomic mass is 9.83. The second kappa shape index (κ2) is 10.6. The highest BCUT2D eigenvalue weighted by Crippen LogP contribution is 2.39. The van der Waals surface area contributed by atoms with Crippen molar-refractivity contribution < 1.29 is 22.7 Å². The zero-order valence-corrected chi connectivity index (χ0v) is 19.1. The molecule has 2 unspecified atom stereocenters. The van der Waals surface area contributed by atoms with Crippen LogP contribution in [0.3, 0.4) is 0 Å². The predicted molar refractivity (Wildman–Crippen MR) is 121 cm³/mol. The molecular weight excluding hydrogens is 437 g/mol. The van der Waals surface area contributed by atoms with Gasteiger partial charge in [0.1, 0.15) is 5.75 Å². The van der Waals surface area contributed by atoms with Crippen LogP contribution < -0.4 is 10.5 Å². The Hall–Kier alpha value is -2.19. The molecule has 174 valence electrons. The van der Waals surface area contributed by atoms with E-state index in [4.69, 9.17) is 10.5 Å². The number of fused-ring (bicyclic) bond motifs is 1. The third-order valence-corrected chi connectivity index (χ3v) is 6.91. The van der Waals surface area contributed by atoms with Gasteiger partial charge in [-0.2, -0.15) is 13.2 Å². The third kappa shape index (κ3) is 5.59. The number of nitrogens with zero attached hydrogens (tertiary/aromatic N) is 1. The molecular formula is C24H29F3N2O2S. The Balaban J connectivity index is 0.000000181. The van der Waals surface area contributed by atoms with Crippen LogP contribution in [0.5, 0.6) is 5.75 Å². The molecule has 4 rings (SSSR count). The summed E-state index contributed by atoms with van der Waals surface area (Å²) in [4.78, 5) is 14.0. The van der Waals surface area contributed by atoms with E-state index in [9.17, 15) is 18.0 Å². The second-order valence-corrected chi connectivity index (χ2v) is 8.87. The van der Waals surface area contributed by atoms with E-state index in [1.165, 1.54) is 45.9 Å². The molecule has 2 aromatic carbocycles. The van der Waals surface area contributed by atoms with E-state index in [0.717, 1.165) is 35.9 Å². The number of halogens is 3. The van der Waals surface area contributed by atoms with Gasteiger partial charge in [0.05, 0.1) is 18.2 Å².